The molecule has 5 nitrogen and oxygen atoms in total. The number of benzene rings is 1. The fourth-order valence-electron chi connectivity index (χ4n) is 2.33. The Hall–Kier alpha value is -1.76. The molecule has 0 saturated carbocycles. The van der Waals surface area contributed by atoms with Crippen molar-refractivity contribution < 1.29 is 14.6 Å². The Bertz CT molecular complexity index is 729. The smallest absolute Gasteiger partial charge is 0.191 e. The van der Waals surface area contributed by atoms with Gasteiger partial charge in [0.1, 0.15) is 0 Å². The van der Waals surface area contributed by atoms with Gasteiger partial charge in [0.2, 0.25) is 0 Å². The molecule has 2 aromatic heterocycles. The van der Waals surface area contributed by atoms with E-state index in [1.165, 1.54) is 0 Å². The van der Waals surface area contributed by atoms with Gasteiger partial charge in [-0.15, -0.1) is 11.3 Å². The molecular formula is C14H16N2O3S. The number of anilines is 2. The second-order valence-corrected chi connectivity index (χ2v) is 5.60. The first kappa shape index (κ1) is 13.2. The van der Waals surface area contributed by atoms with Gasteiger partial charge in [0.25, 0.3) is 0 Å². The average Bonchev–Trinajstić information content (AvgIpc) is 3.00. The van der Waals surface area contributed by atoms with E-state index in [2.05, 4.69) is 0 Å². The van der Waals surface area contributed by atoms with Crippen LogP contribution in [0.3, 0.4) is 0 Å². The van der Waals surface area contributed by atoms with E-state index in [9.17, 15) is 0 Å². The van der Waals surface area contributed by atoms with E-state index in [0.29, 0.717) is 19.0 Å². The number of aliphatic hydroxyl groups excluding tert-OH is 2. The van der Waals surface area contributed by atoms with E-state index in [1.807, 2.05) is 29.2 Å². The molecule has 1 aromatic carbocycles. The summed E-state index contributed by atoms with van der Waals surface area (Å²) in [5.74, 6) is 0.407. The highest BCUT2D eigenvalue weighted by molar-refractivity contribution is 7.23. The van der Waals surface area contributed by atoms with Crippen molar-refractivity contribution in [3.63, 3.8) is 0 Å². The monoisotopic (exact) mass is 292 g/mol. The molecule has 3 rings (SSSR count). The molecule has 0 unspecified atom stereocenters. The predicted molar refractivity (Wildman–Crippen MR) is 82.4 cm³/mol. The molecule has 6 heteroatoms. The summed E-state index contributed by atoms with van der Waals surface area (Å²) < 4.78 is 6.60. The molecule has 3 aromatic rings. The summed E-state index contributed by atoms with van der Waals surface area (Å²) >= 11 is 1.58. The van der Waals surface area contributed by atoms with Crippen LogP contribution in [0, 0.1) is 0 Å². The Balaban J connectivity index is 2.11. The van der Waals surface area contributed by atoms with Gasteiger partial charge in [-0.25, -0.2) is 0 Å². The molecular weight excluding hydrogens is 276 g/mol. The molecule has 2 heterocycles. The van der Waals surface area contributed by atoms with Gasteiger partial charge in [-0.05, 0) is 11.5 Å². The first-order chi connectivity index (χ1) is 9.72. The average molecular weight is 292 g/mol. The van der Waals surface area contributed by atoms with Gasteiger partial charge in [-0.3, -0.25) is 0 Å². The molecule has 0 aliphatic carbocycles. The number of thiophene rings is 1. The third-order valence-electron chi connectivity index (χ3n) is 3.23. The molecule has 0 spiro atoms. The Morgan fingerprint density at radius 1 is 1.10 bits per heavy atom. The number of aliphatic hydroxyl groups is 2. The summed E-state index contributed by atoms with van der Waals surface area (Å²) in [6, 6.07) is 7.87. The summed E-state index contributed by atoms with van der Waals surface area (Å²) in [6.07, 6.45) is 0. The minimum absolute atomic E-state index is 0.0529. The standard InChI is InChI=1S/C14H16N2O3S/c15-11-7-9-1-2-10-8-12(16(3-5-17)4-6-18)20-14(10)13(9)19-11/h1-2,7-8,17-18H,3-6,15H2. The van der Waals surface area contributed by atoms with E-state index >= 15 is 0 Å². The minimum atomic E-state index is 0.0529. The van der Waals surface area contributed by atoms with Gasteiger partial charge >= 0.3 is 0 Å². The molecule has 0 fully saturated rings. The van der Waals surface area contributed by atoms with Crippen molar-refractivity contribution in [1.82, 2.24) is 0 Å². The zero-order chi connectivity index (χ0) is 14.1. The zero-order valence-corrected chi connectivity index (χ0v) is 11.7. The summed E-state index contributed by atoms with van der Waals surface area (Å²) in [5, 5.41) is 21.3. The van der Waals surface area contributed by atoms with Gasteiger partial charge in [0.05, 0.1) is 22.9 Å². The number of nitrogens with two attached hydrogens (primary N) is 1. The van der Waals surface area contributed by atoms with Crippen LogP contribution in [0.5, 0.6) is 0 Å². The molecule has 0 aliphatic rings. The number of fused-ring (bicyclic) bond motifs is 3. The molecule has 0 aliphatic heterocycles. The Labute approximate surface area is 119 Å². The van der Waals surface area contributed by atoms with Crippen molar-refractivity contribution in [2.45, 2.75) is 0 Å². The highest BCUT2D eigenvalue weighted by Gasteiger charge is 2.13. The maximum absolute atomic E-state index is 9.12. The van der Waals surface area contributed by atoms with E-state index in [0.717, 1.165) is 26.1 Å². The minimum Gasteiger partial charge on any atom is -0.439 e. The fraction of sp³-hybridized carbons (Fsp3) is 0.286. The van der Waals surface area contributed by atoms with Crippen LogP contribution in [-0.4, -0.2) is 36.5 Å². The normalized spacial score (nSPS) is 11.5. The zero-order valence-electron chi connectivity index (χ0n) is 10.9. The summed E-state index contributed by atoms with van der Waals surface area (Å²) in [7, 11) is 0. The van der Waals surface area contributed by atoms with Gasteiger partial charge < -0.3 is 25.3 Å². The van der Waals surface area contributed by atoms with Crippen molar-refractivity contribution in [3.05, 3.63) is 24.3 Å². The molecule has 0 atom stereocenters. The number of hydrogen-bond acceptors (Lipinski definition) is 6. The fourth-order valence-corrected chi connectivity index (χ4v) is 3.53. The van der Waals surface area contributed by atoms with E-state index in [-0.39, 0.29) is 13.2 Å². The first-order valence-corrected chi connectivity index (χ1v) is 7.23. The Morgan fingerprint density at radius 2 is 1.80 bits per heavy atom. The van der Waals surface area contributed by atoms with Crippen LogP contribution in [0.15, 0.2) is 28.7 Å². The quantitative estimate of drug-likeness (QED) is 0.670. The molecule has 20 heavy (non-hydrogen) atoms. The third kappa shape index (κ3) is 2.22. The van der Waals surface area contributed by atoms with Gasteiger partial charge in [0.15, 0.2) is 11.5 Å². The number of furan rings is 1. The third-order valence-corrected chi connectivity index (χ3v) is 4.44. The lowest BCUT2D eigenvalue weighted by atomic mass is 10.2. The van der Waals surface area contributed by atoms with Gasteiger partial charge in [-0.2, -0.15) is 0 Å². The van der Waals surface area contributed by atoms with Gasteiger partial charge in [-0.1, -0.05) is 12.1 Å². The van der Waals surface area contributed by atoms with Crippen LogP contribution >= 0.6 is 11.3 Å². The topological polar surface area (TPSA) is 82.9 Å². The van der Waals surface area contributed by atoms with E-state index in [1.54, 1.807) is 11.3 Å². The maximum Gasteiger partial charge on any atom is 0.191 e. The van der Waals surface area contributed by atoms with Gasteiger partial charge in [0, 0.05) is 24.5 Å². The second-order valence-electron chi connectivity index (χ2n) is 4.57. The first-order valence-electron chi connectivity index (χ1n) is 6.41. The van der Waals surface area contributed by atoms with Crippen LogP contribution in [0.4, 0.5) is 10.9 Å². The molecule has 4 N–H and O–H groups in total. The summed E-state index contributed by atoms with van der Waals surface area (Å²) in [6.45, 7) is 1.10. The van der Waals surface area contributed by atoms with E-state index < -0.39 is 0 Å². The molecule has 0 bridgehead atoms. The number of hydrogen-bond donors (Lipinski definition) is 3. The molecule has 0 saturated heterocycles. The number of nitrogens with zero attached hydrogens (tertiary/aromatic N) is 1. The predicted octanol–water partition coefficient (Wildman–Crippen LogP) is 2.02. The SMILES string of the molecule is Nc1cc2ccc3cc(N(CCO)CCO)sc3c2o1. The lowest BCUT2D eigenvalue weighted by Crippen LogP contribution is -2.28. The number of nitrogen functional groups attached to an aromatic ring is 1. The molecule has 0 radical (unpaired) electrons. The lowest BCUT2D eigenvalue weighted by molar-refractivity contribution is 0.281. The van der Waals surface area contributed by atoms with Crippen molar-refractivity contribution in [2.24, 2.45) is 0 Å². The summed E-state index contributed by atoms with van der Waals surface area (Å²) in [5.41, 5.74) is 6.50. The van der Waals surface area contributed by atoms with Crippen molar-refractivity contribution in [3.8, 4) is 0 Å². The highest BCUT2D eigenvalue weighted by Crippen LogP contribution is 2.38. The van der Waals surface area contributed by atoms with Crippen LogP contribution in [0.25, 0.3) is 21.1 Å². The van der Waals surface area contributed by atoms with Crippen LogP contribution < -0.4 is 10.6 Å². The Morgan fingerprint density at radius 3 is 2.50 bits per heavy atom. The molecule has 106 valence electrons. The lowest BCUT2D eigenvalue weighted by Gasteiger charge is -2.20. The largest absolute Gasteiger partial charge is 0.439 e. The highest BCUT2D eigenvalue weighted by atomic mass is 32.1. The summed E-state index contributed by atoms with van der Waals surface area (Å²) in [4.78, 5) is 1.96. The Kier molecular flexibility index (Phi) is 3.52. The van der Waals surface area contributed by atoms with Crippen molar-refractivity contribution in [1.29, 1.82) is 0 Å². The number of rotatable bonds is 5. The second kappa shape index (κ2) is 5.32. The van der Waals surface area contributed by atoms with Crippen molar-refractivity contribution >= 4 is 43.3 Å². The van der Waals surface area contributed by atoms with E-state index in [4.69, 9.17) is 20.4 Å². The van der Waals surface area contributed by atoms with Crippen LogP contribution in [-0.2, 0) is 0 Å². The molecule has 0 amide bonds. The maximum atomic E-state index is 9.12. The van der Waals surface area contributed by atoms with Crippen molar-refractivity contribution in [2.75, 3.05) is 36.9 Å². The van der Waals surface area contributed by atoms with Crippen LogP contribution in [0.2, 0.25) is 0 Å². The van der Waals surface area contributed by atoms with Crippen LogP contribution in [0.1, 0.15) is 0 Å².